The van der Waals surface area contributed by atoms with E-state index in [0.717, 1.165) is 37.4 Å². The van der Waals surface area contributed by atoms with E-state index in [2.05, 4.69) is 35.6 Å². The minimum Gasteiger partial charge on any atom is -0.326 e. The summed E-state index contributed by atoms with van der Waals surface area (Å²) in [5.74, 6) is -0.0262. The fourth-order valence-corrected chi connectivity index (χ4v) is 4.43. The zero-order valence-corrected chi connectivity index (χ0v) is 16.4. The molecule has 4 aromatic carbocycles. The second-order valence-corrected chi connectivity index (χ2v) is 8.00. The third-order valence-electron chi connectivity index (χ3n) is 4.87. The van der Waals surface area contributed by atoms with Gasteiger partial charge in [0.05, 0.1) is 16.6 Å². The van der Waals surface area contributed by atoms with E-state index in [-0.39, 0.29) is 5.91 Å². The van der Waals surface area contributed by atoms with Crippen LogP contribution in [0.1, 0.15) is 5.56 Å². The van der Waals surface area contributed by atoms with Crippen molar-refractivity contribution in [1.29, 1.82) is 0 Å². The van der Waals surface area contributed by atoms with Gasteiger partial charge >= 0.3 is 0 Å². The molecule has 0 saturated carbocycles. The number of rotatable bonds is 4. The minimum atomic E-state index is -0.0262. The quantitative estimate of drug-likeness (QED) is 0.389. The van der Waals surface area contributed by atoms with E-state index < -0.39 is 0 Å². The molecule has 0 saturated heterocycles. The van der Waals surface area contributed by atoms with Crippen LogP contribution in [0.3, 0.4) is 0 Å². The van der Waals surface area contributed by atoms with Crippen molar-refractivity contribution in [2.24, 2.45) is 0 Å². The predicted molar refractivity (Wildman–Crippen MR) is 121 cm³/mol. The van der Waals surface area contributed by atoms with E-state index in [1.54, 1.807) is 11.3 Å². The third kappa shape index (κ3) is 3.75. The van der Waals surface area contributed by atoms with Crippen LogP contribution in [0.4, 0.5) is 5.69 Å². The first-order chi connectivity index (χ1) is 14.2. The molecule has 5 rings (SSSR count). The molecule has 29 heavy (non-hydrogen) atoms. The molecule has 0 aliphatic carbocycles. The number of benzene rings is 4. The molecule has 3 nitrogen and oxygen atoms in total. The largest absolute Gasteiger partial charge is 0.326 e. The van der Waals surface area contributed by atoms with Crippen LogP contribution in [0.5, 0.6) is 0 Å². The summed E-state index contributed by atoms with van der Waals surface area (Å²) in [7, 11) is 0. The van der Waals surface area contributed by atoms with Crippen molar-refractivity contribution in [3.05, 3.63) is 96.6 Å². The molecule has 0 aliphatic heterocycles. The summed E-state index contributed by atoms with van der Waals surface area (Å²) in [6.45, 7) is 0. The third-order valence-corrected chi connectivity index (χ3v) is 5.95. The van der Waals surface area contributed by atoms with Gasteiger partial charge in [0.2, 0.25) is 5.91 Å². The van der Waals surface area contributed by atoms with Crippen LogP contribution < -0.4 is 5.32 Å². The lowest BCUT2D eigenvalue weighted by atomic mass is 10.0. The Morgan fingerprint density at radius 3 is 2.55 bits per heavy atom. The van der Waals surface area contributed by atoms with Crippen molar-refractivity contribution in [1.82, 2.24) is 4.98 Å². The Labute approximate surface area is 172 Å². The van der Waals surface area contributed by atoms with E-state index in [4.69, 9.17) is 4.98 Å². The molecule has 1 aromatic heterocycles. The zero-order valence-electron chi connectivity index (χ0n) is 15.6. The first kappa shape index (κ1) is 17.6. The highest BCUT2D eigenvalue weighted by Gasteiger charge is 2.09. The lowest BCUT2D eigenvalue weighted by molar-refractivity contribution is -0.115. The van der Waals surface area contributed by atoms with Gasteiger partial charge in [-0.15, -0.1) is 11.3 Å². The van der Waals surface area contributed by atoms with E-state index in [9.17, 15) is 4.79 Å². The average Bonchev–Trinajstić information content (AvgIpc) is 3.18. The van der Waals surface area contributed by atoms with Gasteiger partial charge in [-0.1, -0.05) is 66.7 Å². The molecule has 5 aromatic rings. The molecule has 0 spiro atoms. The summed E-state index contributed by atoms with van der Waals surface area (Å²) in [6.07, 6.45) is 0.343. The van der Waals surface area contributed by atoms with Crippen LogP contribution in [-0.4, -0.2) is 10.9 Å². The van der Waals surface area contributed by atoms with E-state index in [0.29, 0.717) is 6.42 Å². The van der Waals surface area contributed by atoms with Gasteiger partial charge in [0.15, 0.2) is 0 Å². The van der Waals surface area contributed by atoms with Gasteiger partial charge in [-0.05, 0) is 40.6 Å². The second-order valence-electron chi connectivity index (χ2n) is 6.97. The number of carbonyl (C=O) groups excluding carboxylic acids is 1. The van der Waals surface area contributed by atoms with Gasteiger partial charge in [0, 0.05) is 11.3 Å². The first-order valence-electron chi connectivity index (χ1n) is 9.48. The average molecular weight is 394 g/mol. The number of para-hydroxylation sites is 1. The van der Waals surface area contributed by atoms with Gasteiger partial charge < -0.3 is 5.32 Å². The molecule has 0 radical (unpaired) electrons. The molecule has 1 amide bonds. The highest BCUT2D eigenvalue weighted by atomic mass is 32.1. The number of fused-ring (bicyclic) bond motifs is 2. The zero-order chi connectivity index (χ0) is 19.6. The maximum atomic E-state index is 12.6. The topological polar surface area (TPSA) is 42.0 Å². The molecule has 0 bridgehead atoms. The number of amides is 1. The lowest BCUT2D eigenvalue weighted by Gasteiger charge is -2.07. The SMILES string of the molecule is O=C(Cc1ccc2ccccc2c1)Nc1cccc(-c2nc3ccccc3s2)c1. The predicted octanol–water partition coefficient (Wildman–Crippen LogP) is 6.30. The van der Waals surface area contributed by atoms with Crippen LogP contribution in [0.25, 0.3) is 31.6 Å². The number of nitrogens with one attached hydrogen (secondary N) is 1. The molecule has 1 N–H and O–H groups in total. The summed E-state index contributed by atoms with van der Waals surface area (Å²) in [5.41, 5.74) is 3.80. The molecule has 1 heterocycles. The van der Waals surface area contributed by atoms with Crippen LogP contribution >= 0.6 is 11.3 Å². The number of anilines is 1. The molecular weight excluding hydrogens is 376 g/mol. The molecule has 0 atom stereocenters. The standard InChI is InChI=1S/C25H18N2OS/c28-24(15-17-12-13-18-6-1-2-7-19(18)14-17)26-21-9-5-8-20(16-21)25-27-22-10-3-4-11-23(22)29-25/h1-14,16H,15H2,(H,26,28). The summed E-state index contributed by atoms with van der Waals surface area (Å²) in [6, 6.07) is 30.3. The van der Waals surface area contributed by atoms with E-state index >= 15 is 0 Å². The van der Waals surface area contributed by atoms with Crippen molar-refractivity contribution in [3.8, 4) is 10.6 Å². The Balaban J connectivity index is 1.34. The van der Waals surface area contributed by atoms with Crippen molar-refractivity contribution >= 4 is 43.9 Å². The van der Waals surface area contributed by atoms with Gasteiger partial charge in [-0.3, -0.25) is 4.79 Å². The van der Waals surface area contributed by atoms with Crippen LogP contribution in [0.15, 0.2) is 91.0 Å². The monoisotopic (exact) mass is 394 g/mol. The van der Waals surface area contributed by atoms with Crippen molar-refractivity contribution in [3.63, 3.8) is 0 Å². The normalized spacial score (nSPS) is 11.0. The summed E-state index contributed by atoms with van der Waals surface area (Å²) in [5, 5.41) is 6.31. The smallest absolute Gasteiger partial charge is 0.228 e. The number of hydrogen-bond acceptors (Lipinski definition) is 3. The number of thiazole rings is 1. The molecule has 0 fully saturated rings. The van der Waals surface area contributed by atoms with E-state index in [1.807, 2.05) is 60.7 Å². The Hall–Kier alpha value is -3.50. The molecule has 140 valence electrons. The van der Waals surface area contributed by atoms with Crippen molar-refractivity contribution in [2.45, 2.75) is 6.42 Å². The number of nitrogens with zero attached hydrogens (tertiary/aromatic N) is 1. The Bertz CT molecular complexity index is 1310. The molecule has 4 heteroatoms. The Kier molecular flexibility index (Phi) is 4.54. The van der Waals surface area contributed by atoms with Gasteiger partial charge in [0.1, 0.15) is 5.01 Å². The summed E-state index contributed by atoms with van der Waals surface area (Å²) in [4.78, 5) is 17.3. The fraction of sp³-hybridized carbons (Fsp3) is 0.0400. The minimum absolute atomic E-state index is 0.0262. The van der Waals surface area contributed by atoms with Gasteiger partial charge in [-0.2, -0.15) is 0 Å². The van der Waals surface area contributed by atoms with Crippen molar-refractivity contribution < 1.29 is 4.79 Å². The maximum Gasteiger partial charge on any atom is 0.228 e. The van der Waals surface area contributed by atoms with Crippen LogP contribution in [0, 0.1) is 0 Å². The van der Waals surface area contributed by atoms with Crippen LogP contribution in [0.2, 0.25) is 0 Å². The van der Waals surface area contributed by atoms with E-state index in [1.165, 1.54) is 5.39 Å². The maximum absolute atomic E-state index is 12.6. The first-order valence-corrected chi connectivity index (χ1v) is 10.3. The highest BCUT2D eigenvalue weighted by Crippen LogP contribution is 2.31. The molecule has 0 unspecified atom stereocenters. The Morgan fingerprint density at radius 1 is 0.828 bits per heavy atom. The van der Waals surface area contributed by atoms with Gasteiger partial charge in [-0.25, -0.2) is 4.98 Å². The summed E-state index contributed by atoms with van der Waals surface area (Å²) >= 11 is 1.66. The molecular formula is C25H18N2OS. The number of aromatic nitrogens is 1. The number of carbonyl (C=O) groups is 1. The van der Waals surface area contributed by atoms with Crippen LogP contribution in [-0.2, 0) is 11.2 Å². The second kappa shape index (κ2) is 7.49. The van der Waals surface area contributed by atoms with Crippen molar-refractivity contribution in [2.75, 3.05) is 5.32 Å². The summed E-state index contributed by atoms with van der Waals surface area (Å²) < 4.78 is 1.16. The fourth-order valence-electron chi connectivity index (χ4n) is 3.46. The molecule has 0 aliphatic rings. The number of hydrogen-bond donors (Lipinski definition) is 1. The lowest BCUT2D eigenvalue weighted by Crippen LogP contribution is -2.14. The van der Waals surface area contributed by atoms with Gasteiger partial charge in [0.25, 0.3) is 0 Å². The highest BCUT2D eigenvalue weighted by molar-refractivity contribution is 7.21. The Morgan fingerprint density at radius 2 is 1.66 bits per heavy atom.